The molecule has 1 saturated heterocycles. The first-order chi connectivity index (χ1) is 15.1. The quantitative estimate of drug-likeness (QED) is 0.673. The summed E-state index contributed by atoms with van der Waals surface area (Å²) >= 11 is 0. The molecule has 2 N–H and O–H groups in total. The van der Waals surface area contributed by atoms with Crippen molar-refractivity contribution in [2.45, 2.75) is 45.2 Å². The third-order valence-corrected chi connectivity index (χ3v) is 6.41. The molecule has 0 aromatic heterocycles. The van der Waals surface area contributed by atoms with Crippen LogP contribution < -0.4 is 19.9 Å². The smallest absolute Gasteiger partial charge is 0.265 e. The van der Waals surface area contributed by atoms with Crippen LogP contribution in [0, 0.1) is 0 Å². The highest BCUT2D eigenvalue weighted by Crippen LogP contribution is 2.32. The number of rotatable bonds is 7. The van der Waals surface area contributed by atoms with Gasteiger partial charge in [-0.15, -0.1) is 0 Å². The Kier molecular flexibility index (Phi) is 6.87. The van der Waals surface area contributed by atoms with Gasteiger partial charge in [0, 0.05) is 18.5 Å². The molecule has 2 aromatic rings. The van der Waals surface area contributed by atoms with Crippen molar-refractivity contribution >= 4 is 17.5 Å². The second kappa shape index (κ2) is 9.96. The highest BCUT2D eigenvalue weighted by atomic mass is 16.5. The Bertz CT molecular complexity index is 912. The Hall–Kier alpha value is -2.86. The molecule has 6 nitrogen and oxygen atoms in total. The Balaban J connectivity index is 1.28. The predicted octanol–water partition coefficient (Wildman–Crippen LogP) is 2.19. The van der Waals surface area contributed by atoms with E-state index in [4.69, 9.17) is 4.74 Å². The number of likely N-dealkylation sites (tertiary alicyclic amines) is 1. The number of benzene rings is 2. The number of nitrogens with one attached hydrogen (secondary N) is 2. The van der Waals surface area contributed by atoms with Crippen LogP contribution in [-0.2, 0) is 11.3 Å². The number of anilines is 1. The summed E-state index contributed by atoms with van der Waals surface area (Å²) in [4.78, 5) is 28.2. The van der Waals surface area contributed by atoms with E-state index in [0.717, 1.165) is 36.0 Å². The largest absolute Gasteiger partial charge is 0.482 e. The van der Waals surface area contributed by atoms with Crippen molar-refractivity contribution in [2.75, 3.05) is 31.1 Å². The highest BCUT2D eigenvalue weighted by molar-refractivity contribution is 5.98. The molecular weight excluding hydrogens is 390 g/mol. The van der Waals surface area contributed by atoms with Gasteiger partial charge in [-0.25, -0.2) is 0 Å². The average molecular weight is 423 g/mol. The predicted molar refractivity (Wildman–Crippen MR) is 121 cm³/mol. The van der Waals surface area contributed by atoms with Crippen molar-refractivity contribution in [1.29, 1.82) is 0 Å². The summed E-state index contributed by atoms with van der Waals surface area (Å²) in [6.45, 7) is 5.92. The molecule has 0 spiro atoms. The van der Waals surface area contributed by atoms with Crippen LogP contribution in [0.25, 0.3) is 0 Å². The van der Waals surface area contributed by atoms with E-state index in [1.807, 2.05) is 48.5 Å². The maximum atomic E-state index is 12.5. The lowest BCUT2D eigenvalue weighted by Crippen LogP contribution is -3.16. The summed E-state index contributed by atoms with van der Waals surface area (Å²) in [5, 5.41) is 3.04. The van der Waals surface area contributed by atoms with Crippen molar-refractivity contribution in [2.24, 2.45) is 0 Å². The van der Waals surface area contributed by atoms with Gasteiger partial charge >= 0.3 is 0 Å². The van der Waals surface area contributed by atoms with Gasteiger partial charge in [-0.05, 0) is 56.0 Å². The number of para-hydroxylation sites is 2. The lowest BCUT2D eigenvalue weighted by Gasteiger charge is -2.30. The minimum atomic E-state index is -0.0642. The molecule has 2 heterocycles. The number of quaternary nitrogens is 1. The first kappa shape index (κ1) is 21.4. The van der Waals surface area contributed by atoms with Crippen molar-refractivity contribution in [1.82, 2.24) is 5.32 Å². The summed E-state index contributed by atoms with van der Waals surface area (Å²) in [6, 6.07) is 15.8. The topological polar surface area (TPSA) is 63.1 Å². The minimum Gasteiger partial charge on any atom is -0.482 e. The number of amides is 2. The third kappa shape index (κ3) is 5.25. The molecule has 2 aliphatic heterocycles. The van der Waals surface area contributed by atoms with E-state index in [1.54, 1.807) is 9.80 Å². The van der Waals surface area contributed by atoms with E-state index < -0.39 is 0 Å². The summed E-state index contributed by atoms with van der Waals surface area (Å²) in [5.41, 5.74) is 2.41. The maximum Gasteiger partial charge on any atom is 0.265 e. The van der Waals surface area contributed by atoms with Crippen molar-refractivity contribution in [3.8, 4) is 5.75 Å². The molecule has 6 heteroatoms. The minimum absolute atomic E-state index is 0.0407. The Morgan fingerprint density at radius 3 is 2.77 bits per heavy atom. The highest BCUT2D eigenvalue weighted by Gasteiger charge is 2.25. The van der Waals surface area contributed by atoms with Gasteiger partial charge < -0.3 is 19.9 Å². The number of carbonyl (C=O) groups is 2. The molecule has 0 radical (unpaired) electrons. The van der Waals surface area contributed by atoms with Gasteiger partial charge in [0.15, 0.2) is 6.61 Å². The average Bonchev–Trinajstić information content (AvgIpc) is 2.80. The number of hydrogen-bond donors (Lipinski definition) is 2. The lowest BCUT2D eigenvalue weighted by molar-refractivity contribution is -0.928. The molecule has 0 bridgehead atoms. The zero-order valence-electron chi connectivity index (χ0n) is 18.2. The third-order valence-electron chi connectivity index (χ3n) is 6.41. The van der Waals surface area contributed by atoms with E-state index in [1.165, 1.54) is 25.8 Å². The summed E-state index contributed by atoms with van der Waals surface area (Å²) in [5.74, 6) is 0.616. The fraction of sp³-hybridized carbons (Fsp3) is 0.440. The number of hydrogen-bond acceptors (Lipinski definition) is 3. The Morgan fingerprint density at radius 1 is 1.16 bits per heavy atom. The summed E-state index contributed by atoms with van der Waals surface area (Å²) in [6.07, 6.45) is 4.99. The monoisotopic (exact) mass is 422 g/mol. The number of fused-ring (bicyclic) bond motifs is 1. The van der Waals surface area contributed by atoms with E-state index in [0.29, 0.717) is 18.7 Å². The molecular formula is C25H32N3O3+. The Labute approximate surface area is 184 Å². The second-order valence-electron chi connectivity index (χ2n) is 8.60. The zero-order valence-corrected chi connectivity index (χ0v) is 18.2. The fourth-order valence-corrected chi connectivity index (χ4v) is 4.52. The first-order valence-corrected chi connectivity index (χ1v) is 11.4. The molecule has 1 fully saturated rings. The molecule has 31 heavy (non-hydrogen) atoms. The van der Waals surface area contributed by atoms with Crippen molar-refractivity contribution in [3.05, 3.63) is 59.7 Å². The van der Waals surface area contributed by atoms with E-state index in [2.05, 4.69) is 12.2 Å². The van der Waals surface area contributed by atoms with E-state index in [9.17, 15) is 9.59 Å². The van der Waals surface area contributed by atoms with Gasteiger partial charge in [0.2, 0.25) is 0 Å². The molecule has 0 saturated carbocycles. The molecule has 2 aliphatic rings. The molecule has 4 rings (SSSR count). The Morgan fingerprint density at radius 2 is 1.97 bits per heavy atom. The standard InChI is InChI=1S/C25H31N3O3/c1-19-7-4-5-15-27(19)16-6-14-26-25(30)21-12-10-20(11-13-21)17-28-22-8-2-3-9-23(22)31-18-24(28)29/h2-3,8-13,19H,4-7,14-18H2,1H3,(H,26,30)/p+1/t19-/m0/s1. The molecule has 164 valence electrons. The summed E-state index contributed by atoms with van der Waals surface area (Å²) in [7, 11) is 0. The summed E-state index contributed by atoms with van der Waals surface area (Å²) < 4.78 is 5.50. The zero-order chi connectivity index (χ0) is 21.6. The van der Waals surface area contributed by atoms with Gasteiger partial charge in [-0.1, -0.05) is 24.3 Å². The first-order valence-electron chi connectivity index (χ1n) is 11.4. The van der Waals surface area contributed by atoms with Gasteiger partial charge in [-0.3, -0.25) is 9.59 Å². The molecule has 2 amide bonds. The van der Waals surface area contributed by atoms with Crippen LogP contribution in [0.4, 0.5) is 5.69 Å². The molecule has 0 aliphatic carbocycles. The van der Waals surface area contributed by atoms with Crippen molar-refractivity contribution in [3.63, 3.8) is 0 Å². The van der Waals surface area contributed by atoms with Crippen LogP contribution in [0.15, 0.2) is 48.5 Å². The fourth-order valence-electron chi connectivity index (χ4n) is 4.52. The van der Waals surface area contributed by atoms with E-state index >= 15 is 0 Å². The van der Waals surface area contributed by atoms with Gasteiger partial charge in [0.1, 0.15) is 5.75 Å². The van der Waals surface area contributed by atoms with Crippen LogP contribution in [0.1, 0.15) is 48.5 Å². The lowest BCUT2D eigenvalue weighted by atomic mass is 10.0. The van der Waals surface area contributed by atoms with Gasteiger partial charge in [0.25, 0.3) is 11.8 Å². The maximum absolute atomic E-state index is 12.5. The molecule has 2 atom stereocenters. The van der Waals surface area contributed by atoms with Crippen LogP contribution >= 0.6 is 0 Å². The molecule has 1 unspecified atom stereocenters. The second-order valence-corrected chi connectivity index (χ2v) is 8.60. The van der Waals surface area contributed by atoms with Crippen LogP contribution in [-0.4, -0.2) is 44.1 Å². The number of piperidine rings is 1. The van der Waals surface area contributed by atoms with Crippen molar-refractivity contribution < 1.29 is 19.2 Å². The SMILES string of the molecule is C[C@H]1CCCC[NH+]1CCCNC(=O)c1ccc(CN2C(=O)COc3ccccc32)cc1. The number of nitrogens with zero attached hydrogens (tertiary/aromatic N) is 1. The van der Waals surface area contributed by atoms with Gasteiger partial charge in [0.05, 0.1) is 31.4 Å². The van der Waals surface area contributed by atoms with E-state index in [-0.39, 0.29) is 18.4 Å². The molecule has 2 aromatic carbocycles. The normalized spacial score (nSPS) is 20.7. The van der Waals surface area contributed by atoms with Crippen LogP contribution in [0.3, 0.4) is 0 Å². The number of carbonyl (C=O) groups excluding carboxylic acids is 2. The van der Waals surface area contributed by atoms with Gasteiger partial charge in [-0.2, -0.15) is 0 Å². The van der Waals surface area contributed by atoms with Crippen LogP contribution in [0.5, 0.6) is 5.75 Å². The van der Waals surface area contributed by atoms with Crippen LogP contribution in [0.2, 0.25) is 0 Å². The number of ether oxygens (including phenoxy) is 1.